The van der Waals surface area contributed by atoms with Gasteiger partial charge in [-0.1, -0.05) is 30.0 Å². The molecular weight excluding hydrogens is 420 g/mol. The normalized spacial score (nSPS) is 11.1. The van der Waals surface area contributed by atoms with Crippen LogP contribution in [0.4, 0.5) is 0 Å². The van der Waals surface area contributed by atoms with E-state index in [0.717, 1.165) is 5.75 Å². The summed E-state index contributed by atoms with van der Waals surface area (Å²) in [5, 5.41) is 17.0. The van der Waals surface area contributed by atoms with E-state index in [4.69, 9.17) is 9.15 Å². The Labute approximate surface area is 181 Å². The van der Waals surface area contributed by atoms with Crippen molar-refractivity contribution in [3.8, 4) is 5.75 Å². The minimum absolute atomic E-state index is 0.243. The monoisotopic (exact) mass is 438 g/mol. The summed E-state index contributed by atoms with van der Waals surface area (Å²) < 4.78 is 19.2. The fraction of sp³-hybridized carbons (Fsp3) is 0.150. The average molecular weight is 438 g/mol. The summed E-state index contributed by atoms with van der Waals surface area (Å²) in [5.41, 5.74) is 0.243. The van der Waals surface area contributed by atoms with Gasteiger partial charge < -0.3 is 13.9 Å². The summed E-state index contributed by atoms with van der Waals surface area (Å²) in [7, 11) is 1.31. The summed E-state index contributed by atoms with van der Waals surface area (Å²) in [6, 6.07) is 14.8. The Morgan fingerprint density at radius 2 is 2.10 bits per heavy atom. The summed E-state index contributed by atoms with van der Waals surface area (Å²) in [6.45, 7) is 0.322. The number of furan rings is 1. The lowest BCUT2D eigenvalue weighted by atomic mass is 10.3. The third-order valence-corrected chi connectivity index (χ3v) is 4.90. The Morgan fingerprint density at radius 3 is 2.94 bits per heavy atom. The zero-order valence-corrected chi connectivity index (χ0v) is 17.3. The molecule has 0 fully saturated rings. The number of carbonyl (C=O) groups is 1. The van der Waals surface area contributed by atoms with Crippen molar-refractivity contribution in [2.45, 2.75) is 17.6 Å². The molecule has 0 atom stereocenters. The molecule has 0 bridgehead atoms. The molecule has 0 spiro atoms. The maximum Gasteiger partial charge on any atom is 0.358 e. The number of thioether (sulfide) groups is 1. The van der Waals surface area contributed by atoms with E-state index in [1.165, 1.54) is 29.9 Å². The van der Waals surface area contributed by atoms with Gasteiger partial charge in [0.2, 0.25) is 5.16 Å². The number of hydrogen-bond donors (Lipinski definition) is 0. The third kappa shape index (κ3) is 5.39. The number of carbonyl (C=O) groups excluding carboxylic acids is 1. The van der Waals surface area contributed by atoms with Gasteiger partial charge in [-0.05, 0) is 30.3 Å². The Kier molecular flexibility index (Phi) is 6.43. The van der Waals surface area contributed by atoms with Gasteiger partial charge in [-0.15, -0.1) is 10.2 Å². The molecule has 0 N–H and O–H groups in total. The number of ether oxygens (including phenoxy) is 2. The van der Waals surface area contributed by atoms with Gasteiger partial charge >= 0.3 is 5.97 Å². The highest BCUT2D eigenvalue weighted by atomic mass is 32.2. The number of benzene rings is 1. The molecule has 11 heteroatoms. The standard InChI is InChI=1S/C20H18N6O4S/c1-28-19(27)18-9-10-25(24-18)14-31-20-23-21-13-26(20)22-11-16-7-8-17(30-16)12-29-15-5-3-2-4-6-15/h2-11,13H,12,14H2,1H3/b22-11+. The van der Waals surface area contributed by atoms with Crippen LogP contribution in [0.3, 0.4) is 0 Å². The van der Waals surface area contributed by atoms with E-state index in [9.17, 15) is 4.79 Å². The van der Waals surface area contributed by atoms with Gasteiger partial charge in [0, 0.05) is 6.20 Å². The number of nitrogens with zero attached hydrogens (tertiary/aromatic N) is 6. The van der Waals surface area contributed by atoms with Crippen molar-refractivity contribution in [2.24, 2.45) is 5.10 Å². The number of esters is 1. The summed E-state index contributed by atoms with van der Waals surface area (Å²) >= 11 is 1.36. The molecule has 10 nitrogen and oxygen atoms in total. The van der Waals surface area contributed by atoms with Crippen LogP contribution in [0.1, 0.15) is 22.0 Å². The second-order valence-electron chi connectivity index (χ2n) is 6.11. The van der Waals surface area contributed by atoms with Crippen molar-refractivity contribution in [1.29, 1.82) is 0 Å². The molecule has 0 aliphatic heterocycles. The zero-order valence-electron chi connectivity index (χ0n) is 16.5. The fourth-order valence-electron chi connectivity index (χ4n) is 2.50. The molecule has 0 unspecified atom stereocenters. The molecule has 1 aromatic carbocycles. The Morgan fingerprint density at radius 1 is 1.23 bits per heavy atom. The second-order valence-corrected chi connectivity index (χ2v) is 7.03. The minimum Gasteiger partial charge on any atom is -0.486 e. The van der Waals surface area contributed by atoms with Crippen LogP contribution >= 0.6 is 11.8 Å². The first-order valence-corrected chi connectivity index (χ1v) is 10.2. The highest BCUT2D eigenvalue weighted by Gasteiger charge is 2.10. The molecule has 0 radical (unpaired) electrons. The van der Waals surface area contributed by atoms with Crippen LogP contribution in [0.5, 0.6) is 5.75 Å². The van der Waals surface area contributed by atoms with Crippen LogP contribution in [0.15, 0.2) is 75.7 Å². The van der Waals surface area contributed by atoms with Crippen LogP contribution in [0.25, 0.3) is 0 Å². The molecule has 0 aliphatic carbocycles. The molecule has 0 saturated carbocycles. The fourth-order valence-corrected chi connectivity index (χ4v) is 3.22. The topological polar surface area (TPSA) is 110 Å². The van der Waals surface area contributed by atoms with Gasteiger partial charge in [0.05, 0.1) is 19.2 Å². The maximum atomic E-state index is 11.5. The van der Waals surface area contributed by atoms with Crippen molar-refractivity contribution in [3.05, 3.63) is 78.3 Å². The third-order valence-electron chi connectivity index (χ3n) is 3.98. The summed E-state index contributed by atoms with van der Waals surface area (Å²) in [4.78, 5) is 11.5. The van der Waals surface area contributed by atoms with Crippen molar-refractivity contribution in [2.75, 3.05) is 7.11 Å². The first-order chi connectivity index (χ1) is 15.2. The van der Waals surface area contributed by atoms with Crippen LogP contribution in [0, 0.1) is 0 Å². The van der Waals surface area contributed by atoms with Crippen LogP contribution in [-0.2, 0) is 17.2 Å². The molecule has 0 saturated heterocycles. The molecular formula is C20H18N6O4S. The zero-order chi connectivity index (χ0) is 21.5. The van der Waals surface area contributed by atoms with E-state index in [1.54, 1.807) is 23.2 Å². The van der Waals surface area contributed by atoms with Crippen molar-refractivity contribution < 1.29 is 18.7 Å². The maximum absolute atomic E-state index is 11.5. The SMILES string of the molecule is COC(=O)c1ccn(CSc2nncn2/N=C/c2ccc(COc3ccccc3)o2)n1. The van der Waals surface area contributed by atoms with Gasteiger partial charge in [-0.2, -0.15) is 14.9 Å². The average Bonchev–Trinajstić information content (AvgIpc) is 3.56. The Balaban J connectivity index is 1.33. The second kappa shape index (κ2) is 9.76. The van der Waals surface area contributed by atoms with Crippen LogP contribution < -0.4 is 4.74 Å². The first kappa shape index (κ1) is 20.4. The summed E-state index contributed by atoms with van der Waals surface area (Å²) in [5.74, 6) is 1.97. The lowest BCUT2D eigenvalue weighted by Crippen LogP contribution is -2.04. The highest BCUT2D eigenvalue weighted by Crippen LogP contribution is 2.17. The lowest BCUT2D eigenvalue weighted by molar-refractivity contribution is 0.0593. The number of methoxy groups -OCH3 is 1. The number of para-hydroxylation sites is 1. The van der Waals surface area contributed by atoms with E-state index in [-0.39, 0.29) is 5.69 Å². The Hall–Kier alpha value is -3.86. The van der Waals surface area contributed by atoms with E-state index < -0.39 is 5.97 Å². The van der Waals surface area contributed by atoms with E-state index in [2.05, 4.69) is 25.1 Å². The van der Waals surface area contributed by atoms with Crippen LogP contribution in [0.2, 0.25) is 0 Å². The molecule has 31 heavy (non-hydrogen) atoms. The molecule has 4 rings (SSSR count). The van der Waals surface area contributed by atoms with Gasteiger partial charge in [0.15, 0.2) is 5.69 Å². The van der Waals surface area contributed by atoms with Crippen molar-refractivity contribution in [3.63, 3.8) is 0 Å². The van der Waals surface area contributed by atoms with E-state index >= 15 is 0 Å². The van der Waals surface area contributed by atoms with Gasteiger partial charge in [-0.3, -0.25) is 4.68 Å². The molecule has 3 aromatic heterocycles. The number of rotatable bonds is 9. The largest absolute Gasteiger partial charge is 0.486 e. The van der Waals surface area contributed by atoms with E-state index in [0.29, 0.717) is 29.2 Å². The summed E-state index contributed by atoms with van der Waals surface area (Å²) in [6.07, 6.45) is 4.75. The smallest absolute Gasteiger partial charge is 0.358 e. The Bertz CT molecular complexity index is 1170. The number of hydrogen-bond acceptors (Lipinski definition) is 9. The molecule has 158 valence electrons. The van der Waals surface area contributed by atoms with Gasteiger partial charge in [0.25, 0.3) is 0 Å². The predicted molar refractivity (Wildman–Crippen MR) is 112 cm³/mol. The van der Waals surface area contributed by atoms with Gasteiger partial charge in [-0.25, -0.2) is 4.79 Å². The first-order valence-electron chi connectivity index (χ1n) is 9.17. The quantitative estimate of drug-likeness (QED) is 0.223. The van der Waals surface area contributed by atoms with Gasteiger partial charge in [0.1, 0.15) is 30.2 Å². The lowest BCUT2D eigenvalue weighted by Gasteiger charge is -2.02. The van der Waals surface area contributed by atoms with Crippen molar-refractivity contribution >= 4 is 23.9 Å². The molecule has 4 aromatic rings. The highest BCUT2D eigenvalue weighted by molar-refractivity contribution is 7.98. The van der Waals surface area contributed by atoms with Crippen LogP contribution in [-0.4, -0.2) is 43.9 Å². The molecule has 3 heterocycles. The molecule has 0 amide bonds. The molecule has 0 aliphatic rings. The number of aromatic nitrogens is 5. The van der Waals surface area contributed by atoms with E-state index in [1.807, 2.05) is 42.5 Å². The minimum atomic E-state index is -0.483. The predicted octanol–water partition coefficient (Wildman–Crippen LogP) is 3.07. The van der Waals surface area contributed by atoms with Crippen molar-refractivity contribution in [1.82, 2.24) is 24.7 Å².